The van der Waals surface area contributed by atoms with Crippen LogP contribution in [0.5, 0.6) is 0 Å². The van der Waals surface area contributed by atoms with Gasteiger partial charge in [-0.15, -0.1) is 0 Å². The first-order chi connectivity index (χ1) is 7.76. The summed E-state index contributed by atoms with van der Waals surface area (Å²) >= 11 is 0. The minimum atomic E-state index is -0.552. The van der Waals surface area contributed by atoms with Gasteiger partial charge >= 0.3 is 0 Å². The van der Waals surface area contributed by atoms with E-state index in [0.29, 0.717) is 6.42 Å². The minimum absolute atomic E-state index is 0.411. The number of unbranched alkanes of at least 4 members (excludes halogenated alkanes) is 3. The molecule has 0 unspecified atom stereocenters. The van der Waals surface area contributed by atoms with E-state index in [0.717, 1.165) is 19.3 Å². The van der Waals surface area contributed by atoms with Crippen LogP contribution in [0.2, 0.25) is 0 Å². The minimum Gasteiger partial charge on any atom is -0.392 e. The molecule has 0 aromatic heterocycles. The zero-order valence-corrected chi connectivity index (χ0v) is 10.3. The summed E-state index contributed by atoms with van der Waals surface area (Å²) in [5.41, 5.74) is 8.41. The molecular formula is C12H23N3O. The molecule has 0 heterocycles. The number of rotatable bonds is 9. The fraction of sp³-hybridized carbons (Fsp3) is 0.833. The highest BCUT2D eigenvalue weighted by molar-refractivity contribution is 4.97. The molecule has 0 spiro atoms. The fourth-order valence-corrected chi connectivity index (χ4v) is 1.52. The summed E-state index contributed by atoms with van der Waals surface area (Å²) < 4.78 is 0. The molecule has 0 radical (unpaired) electrons. The van der Waals surface area contributed by atoms with Crippen molar-refractivity contribution in [2.45, 2.75) is 64.5 Å². The number of hydrogen-bond donors (Lipinski definition) is 1. The standard InChI is InChI=1S/C12H23N3O/c1-3-5-6-7-8-10-11(14-15-13)12(16)9-4-2/h8,10-12,16H,3-7,9H2,1-2H3/b10-8+/t11-,12+/m0/s1. The topological polar surface area (TPSA) is 69.0 Å². The Bertz CT molecular complexity index is 234. The van der Waals surface area contributed by atoms with Gasteiger partial charge in [0.1, 0.15) is 0 Å². The van der Waals surface area contributed by atoms with Gasteiger partial charge in [0.15, 0.2) is 0 Å². The van der Waals surface area contributed by atoms with E-state index in [9.17, 15) is 5.11 Å². The second kappa shape index (κ2) is 10.5. The van der Waals surface area contributed by atoms with Crippen LogP contribution in [-0.4, -0.2) is 17.3 Å². The summed E-state index contributed by atoms with van der Waals surface area (Å²) in [6.07, 6.45) is 9.40. The highest BCUT2D eigenvalue weighted by Crippen LogP contribution is 2.09. The van der Waals surface area contributed by atoms with Crippen LogP contribution >= 0.6 is 0 Å². The van der Waals surface area contributed by atoms with Gasteiger partial charge < -0.3 is 5.11 Å². The van der Waals surface area contributed by atoms with Crippen molar-refractivity contribution in [1.29, 1.82) is 0 Å². The van der Waals surface area contributed by atoms with Crippen molar-refractivity contribution in [3.8, 4) is 0 Å². The molecule has 4 heteroatoms. The van der Waals surface area contributed by atoms with Crippen molar-refractivity contribution in [2.75, 3.05) is 0 Å². The van der Waals surface area contributed by atoms with Crippen LogP contribution in [0.15, 0.2) is 17.3 Å². The molecule has 0 aromatic carbocycles. The lowest BCUT2D eigenvalue weighted by atomic mass is 10.1. The molecule has 0 bridgehead atoms. The summed E-state index contributed by atoms with van der Waals surface area (Å²) in [5, 5.41) is 13.3. The number of nitrogens with zero attached hydrogens (tertiary/aromatic N) is 3. The van der Waals surface area contributed by atoms with Gasteiger partial charge in [0.2, 0.25) is 0 Å². The molecule has 0 saturated heterocycles. The van der Waals surface area contributed by atoms with Crippen molar-refractivity contribution in [3.63, 3.8) is 0 Å². The first kappa shape index (κ1) is 15.0. The molecular weight excluding hydrogens is 202 g/mol. The predicted octanol–water partition coefficient (Wildman–Crippen LogP) is 3.96. The van der Waals surface area contributed by atoms with Gasteiger partial charge in [-0.05, 0) is 24.8 Å². The molecule has 4 nitrogen and oxygen atoms in total. The molecule has 0 amide bonds. The molecule has 0 aliphatic rings. The van der Waals surface area contributed by atoms with E-state index >= 15 is 0 Å². The number of azide groups is 1. The number of allylic oxidation sites excluding steroid dienone is 1. The van der Waals surface area contributed by atoms with E-state index in [1.807, 2.05) is 19.1 Å². The third kappa shape index (κ3) is 7.32. The zero-order chi connectivity index (χ0) is 12.2. The Balaban J connectivity index is 4.06. The normalized spacial score (nSPS) is 14.7. The van der Waals surface area contributed by atoms with Gasteiger partial charge in [-0.3, -0.25) is 0 Å². The van der Waals surface area contributed by atoms with Crippen LogP contribution in [0.3, 0.4) is 0 Å². The van der Waals surface area contributed by atoms with Gasteiger partial charge in [-0.2, -0.15) is 0 Å². The van der Waals surface area contributed by atoms with Crippen LogP contribution in [0.25, 0.3) is 10.4 Å². The molecule has 2 atom stereocenters. The zero-order valence-electron chi connectivity index (χ0n) is 10.3. The van der Waals surface area contributed by atoms with Crippen LogP contribution in [0, 0.1) is 0 Å². The van der Waals surface area contributed by atoms with E-state index < -0.39 is 12.1 Å². The van der Waals surface area contributed by atoms with Crippen LogP contribution in [0.1, 0.15) is 52.4 Å². The van der Waals surface area contributed by atoms with Crippen molar-refractivity contribution in [1.82, 2.24) is 0 Å². The molecule has 0 aliphatic carbocycles. The Labute approximate surface area is 98.0 Å². The second-order valence-electron chi connectivity index (χ2n) is 3.98. The highest BCUT2D eigenvalue weighted by Gasteiger charge is 2.12. The fourth-order valence-electron chi connectivity index (χ4n) is 1.52. The van der Waals surface area contributed by atoms with Gasteiger partial charge in [0, 0.05) is 4.91 Å². The van der Waals surface area contributed by atoms with Crippen molar-refractivity contribution in [3.05, 3.63) is 22.6 Å². The lowest BCUT2D eigenvalue weighted by molar-refractivity contribution is 0.149. The molecule has 1 N–H and O–H groups in total. The van der Waals surface area contributed by atoms with E-state index in [2.05, 4.69) is 16.9 Å². The average molecular weight is 225 g/mol. The molecule has 0 aromatic rings. The quantitative estimate of drug-likeness (QED) is 0.208. The lowest BCUT2D eigenvalue weighted by Gasteiger charge is -2.13. The monoisotopic (exact) mass is 225 g/mol. The van der Waals surface area contributed by atoms with Crippen molar-refractivity contribution < 1.29 is 5.11 Å². The Kier molecular flexibility index (Phi) is 9.87. The van der Waals surface area contributed by atoms with Gasteiger partial charge in [-0.25, -0.2) is 0 Å². The summed E-state index contributed by atoms with van der Waals surface area (Å²) in [5.74, 6) is 0. The van der Waals surface area contributed by atoms with Gasteiger partial charge in [0.25, 0.3) is 0 Å². The third-order valence-electron chi connectivity index (χ3n) is 2.47. The largest absolute Gasteiger partial charge is 0.392 e. The lowest BCUT2D eigenvalue weighted by Crippen LogP contribution is -2.21. The van der Waals surface area contributed by atoms with Gasteiger partial charge in [-0.1, -0.05) is 50.4 Å². The smallest absolute Gasteiger partial charge is 0.0814 e. The SMILES string of the molecule is CCCCC/C=C/[C@H](N=[N+]=[N-])[C@H](O)CCC. The first-order valence-electron chi connectivity index (χ1n) is 6.15. The molecule has 0 fully saturated rings. The average Bonchev–Trinajstić information content (AvgIpc) is 2.27. The summed E-state index contributed by atoms with van der Waals surface area (Å²) in [4.78, 5) is 2.77. The predicted molar refractivity (Wildman–Crippen MR) is 67.1 cm³/mol. The Hall–Kier alpha value is -0.990. The molecule has 0 aliphatic heterocycles. The first-order valence-corrected chi connectivity index (χ1v) is 6.15. The van der Waals surface area contributed by atoms with Crippen LogP contribution < -0.4 is 0 Å². The number of aliphatic hydroxyl groups excluding tert-OH is 1. The van der Waals surface area contributed by atoms with E-state index in [1.165, 1.54) is 12.8 Å². The number of hydrogen-bond acceptors (Lipinski definition) is 2. The van der Waals surface area contributed by atoms with Crippen LogP contribution in [-0.2, 0) is 0 Å². The van der Waals surface area contributed by atoms with Crippen molar-refractivity contribution >= 4 is 0 Å². The van der Waals surface area contributed by atoms with E-state index in [-0.39, 0.29) is 0 Å². The molecule has 0 rings (SSSR count). The van der Waals surface area contributed by atoms with E-state index in [1.54, 1.807) is 0 Å². The van der Waals surface area contributed by atoms with Gasteiger partial charge in [0.05, 0.1) is 12.1 Å². The second-order valence-corrected chi connectivity index (χ2v) is 3.98. The Morgan fingerprint density at radius 2 is 2.06 bits per heavy atom. The maximum absolute atomic E-state index is 9.73. The number of aliphatic hydroxyl groups is 1. The van der Waals surface area contributed by atoms with E-state index in [4.69, 9.17) is 5.53 Å². The van der Waals surface area contributed by atoms with Crippen molar-refractivity contribution in [2.24, 2.45) is 5.11 Å². The Morgan fingerprint density at radius 1 is 1.31 bits per heavy atom. The molecule has 0 saturated carbocycles. The van der Waals surface area contributed by atoms with Crippen LogP contribution in [0.4, 0.5) is 0 Å². The summed E-state index contributed by atoms with van der Waals surface area (Å²) in [6, 6.07) is -0.411. The summed E-state index contributed by atoms with van der Waals surface area (Å²) in [6.45, 7) is 4.17. The third-order valence-corrected chi connectivity index (χ3v) is 2.47. The molecule has 16 heavy (non-hydrogen) atoms. The maximum atomic E-state index is 9.73. The Morgan fingerprint density at radius 3 is 2.62 bits per heavy atom. The highest BCUT2D eigenvalue weighted by atomic mass is 16.3. The summed E-state index contributed by atoms with van der Waals surface area (Å²) in [7, 11) is 0. The maximum Gasteiger partial charge on any atom is 0.0814 e. The molecule has 92 valence electrons.